The molecule has 0 fully saturated rings. The molecule has 4 heteroatoms. The molecule has 3 rings (SSSR count). The van der Waals surface area contributed by atoms with Gasteiger partial charge in [0.2, 0.25) is 0 Å². The fraction of sp³-hybridized carbons (Fsp3) is 0.188. The number of benzene rings is 1. The fourth-order valence-electron chi connectivity index (χ4n) is 2.15. The van der Waals surface area contributed by atoms with Crippen LogP contribution >= 0.6 is 11.3 Å². The van der Waals surface area contributed by atoms with Gasteiger partial charge < -0.3 is 9.47 Å². The van der Waals surface area contributed by atoms with Crippen molar-refractivity contribution in [1.29, 1.82) is 0 Å². The number of rotatable bonds is 3. The van der Waals surface area contributed by atoms with E-state index in [4.69, 9.17) is 9.47 Å². The Morgan fingerprint density at radius 2 is 2.30 bits per heavy atom. The summed E-state index contributed by atoms with van der Waals surface area (Å²) in [4.78, 5) is 12.4. The third-order valence-corrected chi connectivity index (χ3v) is 3.88. The summed E-state index contributed by atoms with van der Waals surface area (Å²) in [5.41, 5.74) is 1.95. The van der Waals surface area contributed by atoms with Crippen molar-refractivity contribution in [2.75, 3.05) is 6.61 Å². The van der Waals surface area contributed by atoms with E-state index in [1.807, 2.05) is 41.8 Å². The minimum atomic E-state index is -0.311. The maximum Gasteiger partial charge on any atom is 0.308 e. The number of thiophene rings is 1. The van der Waals surface area contributed by atoms with Crippen molar-refractivity contribution in [3.63, 3.8) is 0 Å². The maximum absolute atomic E-state index is 11.2. The normalized spacial score (nSPS) is 13.2. The molecule has 20 heavy (non-hydrogen) atoms. The van der Waals surface area contributed by atoms with Crippen molar-refractivity contribution in [3.05, 3.63) is 45.6 Å². The van der Waals surface area contributed by atoms with Crippen molar-refractivity contribution in [1.82, 2.24) is 0 Å². The van der Waals surface area contributed by atoms with Crippen molar-refractivity contribution < 1.29 is 14.3 Å². The molecule has 0 amide bonds. The van der Waals surface area contributed by atoms with Crippen LogP contribution < -0.4 is 9.47 Å². The van der Waals surface area contributed by atoms with Crippen LogP contribution in [-0.2, 0) is 11.2 Å². The highest BCUT2D eigenvalue weighted by molar-refractivity contribution is 7.10. The summed E-state index contributed by atoms with van der Waals surface area (Å²) in [5, 5.41) is 2.03. The molecule has 3 nitrogen and oxygen atoms in total. The zero-order valence-electron chi connectivity index (χ0n) is 11.1. The predicted molar refractivity (Wildman–Crippen MR) is 80.2 cm³/mol. The van der Waals surface area contributed by atoms with Crippen LogP contribution in [0.2, 0.25) is 0 Å². The Morgan fingerprint density at radius 1 is 1.40 bits per heavy atom. The molecule has 0 radical (unpaired) electrons. The maximum atomic E-state index is 11.2. The molecule has 1 aliphatic rings. The molecule has 1 aromatic heterocycles. The van der Waals surface area contributed by atoms with Gasteiger partial charge in [0.25, 0.3) is 0 Å². The molecule has 0 spiro atoms. The molecule has 1 aromatic carbocycles. The van der Waals surface area contributed by atoms with Gasteiger partial charge >= 0.3 is 5.97 Å². The molecular formula is C16H14O3S. The molecule has 0 unspecified atom stereocenters. The van der Waals surface area contributed by atoms with E-state index in [1.54, 1.807) is 11.3 Å². The third-order valence-electron chi connectivity index (χ3n) is 3.05. The van der Waals surface area contributed by atoms with Gasteiger partial charge in [-0.1, -0.05) is 6.07 Å². The Balaban J connectivity index is 1.97. The Labute approximate surface area is 121 Å². The third kappa shape index (κ3) is 2.75. The molecule has 1 aliphatic heterocycles. The van der Waals surface area contributed by atoms with Gasteiger partial charge in [-0.05, 0) is 35.7 Å². The average Bonchev–Trinajstić information content (AvgIpc) is 3.05. The summed E-state index contributed by atoms with van der Waals surface area (Å²) in [6, 6.07) is 7.88. The van der Waals surface area contributed by atoms with Gasteiger partial charge in [-0.25, -0.2) is 0 Å². The highest BCUT2D eigenvalue weighted by Gasteiger charge is 2.16. The van der Waals surface area contributed by atoms with Crippen molar-refractivity contribution >= 4 is 29.5 Å². The Hall–Kier alpha value is -2.07. The number of carbonyl (C=O) groups is 1. The van der Waals surface area contributed by atoms with Crippen LogP contribution in [0.1, 0.15) is 22.9 Å². The largest absolute Gasteiger partial charge is 0.493 e. The fourth-order valence-corrected chi connectivity index (χ4v) is 2.77. The zero-order valence-corrected chi connectivity index (χ0v) is 11.9. The van der Waals surface area contributed by atoms with Gasteiger partial charge in [-0.15, -0.1) is 11.3 Å². The second-order valence-corrected chi connectivity index (χ2v) is 5.52. The number of ether oxygens (including phenoxy) is 2. The minimum absolute atomic E-state index is 0.311. The van der Waals surface area contributed by atoms with E-state index in [1.165, 1.54) is 6.92 Å². The Morgan fingerprint density at radius 3 is 3.05 bits per heavy atom. The molecule has 0 saturated heterocycles. The molecule has 0 N–H and O–H groups in total. The average molecular weight is 286 g/mol. The van der Waals surface area contributed by atoms with E-state index in [9.17, 15) is 4.79 Å². The Bertz CT molecular complexity index is 657. The highest BCUT2D eigenvalue weighted by Crippen LogP contribution is 2.34. The summed E-state index contributed by atoms with van der Waals surface area (Å²) in [6.45, 7) is 2.10. The standard InChI is InChI=1S/C16H14O3S/c1-11(17)19-16-10-13-6-7-18-15(13)9-12(16)4-5-14-3-2-8-20-14/h2-5,8-10H,6-7H2,1H3/b5-4+. The van der Waals surface area contributed by atoms with E-state index < -0.39 is 0 Å². The molecule has 0 bridgehead atoms. The smallest absolute Gasteiger partial charge is 0.308 e. The molecular weight excluding hydrogens is 272 g/mol. The second-order valence-electron chi connectivity index (χ2n) is 4.54. The number of hydrogen-bond donors (Lipinski definition) is 0. The molecule has 0 atom stereocenters. The van der Waals surface area contributed by atoms with Gasteiger partial charge in [-0.2, -0.15) is 0 Å². The number of carbonyl (C=O) groups excluding carboxylic acids is 1. The quantitative estimate of drug-likeness (QED) is 0.636. The number of esters is 1. The van der Waals surface area contributed by atoms with E-state index in [0.29, 0.717) is 12.4 Å². The molecule has 102 valence electrons. The molecule has 2 aromatic rings. The van der Waals surface area contributed by atoms with Crippen LogP contribution in [0, 0.1) is 0 Å². The lowest BCUT2D eigenvalue weighted by atomic mass is 10.1. The van der Waals surface area contributed by atoms with Gasteiger partial charge in [-0.3, -0.25) is 4.79 Å². The van der Waals surface area contributed by atoms with Crippen LogP contribution in [0.3, 0.4) is 0 Å². The summed E-state index contributed by atoms with van der Waals surface area (Å²) in [6.07, 6.45) is 4.82. The highest BCUT2D eigenvalue weighted by atomic mass is 32.1. The van der Waals surface area contributed by atoms with E-state index >= 15 is 0 Å². The number of hydrogen-bond acceptors (Lipinski definition) is 4. The summed E-state index contributed by atoms with van der Waals surface area (Å²) in [5.74, 6) is 1.16. The zero-order chi connectivity index (χ0) is 13.9. The van der Waals surface area contributed by atoms with Crippen LogP contribution in [0.4, 0.5) is 0 Å². The van der Waals surface area contributed by atoms with Gasteiger partial charge in [0.1, 0.15) is 11.5 Å². The number of fused-ring (bicyclic) bond motifs is 1. The first-order chi connectivity index (χ1) is 9.72. The summed E-state index contributed by atoms with van der Waals surface area (Å²) >= 11 is 1.66. The first-order valence-corrected chi connectivity index (χ1v) is 7.30. The lowest BCUT2D eigenvalue weighted by Crippen LogP contribution is -2.03. The van der Waals surface area contributed by atoms with Crippen LogP contribution in [0.15, 0.2) is 29.6 Å². The van der Waals surface area contributed by atoms with E-state index in [-0.39, 0.29) is 5.97 Å². The van der Waals surface area contributed by atoms with Crippen molar-refractivity contribution in [3.8, 4) is 11.5 Å². The topological polar surface area (TPSA) is 35.5 Å². The first kappa shape index (κ1) is 12.9. The Kier molecular flexibility index (Phi) is 3.56. The SMILES string of the molecule is CC(=O)Oc1cc2c(cc1/C=C/c1cccs1)OCC2. The van der Waals surface area contributed by atoms with Gasteiger partial charge in [0, 0.05) is 29.3 Å². The lowest BCUT2D eigenvalue weighted by Gasteiger charge is -2.08. The summed E-state index contributed by atoms with van der Waals surface area (Å²) < 4.78 is 10.9. The van der Waals surface area contributed by atoms with Crippen molar-refractivity contribution in [2.24, 2.45) is 0 Å². The van der Waals surface area contributed by atoms with Crippen LogP contribution in [-0.4, -0.2) is 12.6 Å². The van der Waals surface area contributed by atoms with E-state index in [2.05, 4.69) is 0 Å². The minimum Gasteiger partial charge on any atom is -0.493 e. The second kappa shape index (κ2) is 5.51. The monoisotopic (exact) mass is 286 g/mol. The molecule has 0 saturated carbocycles. The summed E-state index contributed by atoms with van der Waals surface area (Å²) in [7, 11) is 0. The van der Waals surface area contributed by atoms with Gasteiger partial charge in [0.15, 0.2) is 0 Å². The predicted octanol–water partition coefficient (Wildman–Crippen LogP) is 3.78. The molecule has 2 heterocycles. The van der Waals surface area contributed by atoms with Crippen molar-refractivity contribution in [2.45, 2.75) is 13.3 Å². The van der Waals surface area contributed by atoms with E-state index in [0.717, 1.165) is 28.2 Å². The lowest BCUT2D eigenvalue weighted by molar-refractivity contribution is -0.131. The van der Waals surface area contributed by atoms with Gasteiger partial charge in [0.05, 0.1) is 6.61 Å². The van der Waals surface area contributed by atoms with Crippen LogP contribution in [0.5, 0.6) is 11.5 Å². The first-order valence-electron chi connectivity index (χ1n) is 6.42. The molecule has 0 aliphatic carbocycles. The van der Waals surface area contributed by atoms with Crippen LogP contribution in [0.25, 0.3) is 12.2 Å².